The van der Waals surface area contributed by atoms with Gasteiger partial charge >= 0.3 is 0 Å². The van der Waals surface area contributed by atoms with Crippen molar-refractivity contribution in [1.29, 1.82) is 0 Å². The van der Waals surface area contributed by atoms with E-state index < -0.39 is 28.5 Å². The zero-order valence-electron chi connectivity index (χ0n) is 21.8. The number of hydrogen-bond acceptors (Lipinski definition) is 5. The van der Waals surface area contributed by atoms with E-state index in [1.807, 2.05) is 13.8 Å². The van der Waals surface area contributed by atoms with E-state index in [2.05, 4.69) is 21.2 Å². The number of benzene rings is 3. The van der Waals surface area contributed by atoms with Gasteiger partial charge < -0.3 is 15.0 Å². The number of methoxy groups -OCH3 is 1. The van der Waals surface area contributed by atoms with Gasteiger partial charge in [-0.25, -0.2) is 8.42 Å². The summed E-state index contributed by atoms with van der Waals surface area (Å²) in [6.45, 7) is 4.91. The van der Waals surface area contributed by atoms with E-state index in [0.717, 1.165) is 9.87 Å². The fourth-order valence-corrected chi connectivity index (χ4v) is 5.61. The molecule has 38 heavy (non-hydrogen) atoms. The van der Waals surface area contributed by atoms with Gasteiger partial charge in [-0.1, -0.05) is 52.3 Å². The van der Waals surface area contributed by atoms with E-state index in [-0.39, 0.29) is 23.4 Å². The Balaban J connectivity index is 2.01. The number of ether oxygens (including phenoxy) is 1. The molecule has 0 saturated heterocycles. The molecule has 0 aliphatic rings. The lowest BCUT2D eigenvalue weighted by molar-refractivity contribution is -0.139. The third-order valence-electron chi connectivity index (χ3n) is 5.82. The molecule has 3 aromatic carbocycles. The molecule has 3 aromatic rings. The number of nitrogens with one attached hydrogen (secondary N) is 1. The molecule has 202 valence electrons. The van der Waals surface area contributed by atoms with Crippen molar-refractivity contribution in [1.82, 2.24) is 10.2 Å². The maximum Gasteiger partial charge on any atom is 0.264 e. The van der Waals surface area contributed by atoms with Crippen molar-refractivity contribution in [2.45, 2.75) is 44.3 Å². The van der Waals surface area contributed by atoms with Gasteiger partial charge in [0.15, 0.2) is 0 Å². The predicted molar refractivity (Wildman–Crippen MR) is 151 cm³/mol. The van der Waals surface area contributed by atoms with Gasteiger partial charge in [0, 0.05) is 17.1 Å². The molecule has 3 rings (SSSR count). The van der Waals surface area contributed by atoms with Crippen molar-refractivity contribution < 1.29 is 22.7 Å². The Labute approximate surface area is 232 Å². The third kappa shape index (κ3) is 7.35. The largest absolute Gasteiger partial charge is 0.497 e. The van der Waals surface area contributed by atoms with Gasteiger partial charge in [0.05, 0.1) is 17.7 Å². The van der Waals surface area contributed by atoms with Gasteiger partial charge in [-0.2, -0.15) is 0 Å². The highest BCUT2D eigenvalue weighted by atomic mass is 79.9. The Hall–Kier alpha value is -3.37. The summed E-state index contributed by atoms with van der Waals surface area (Å²) < 4.78 is 34.4. The standard InChI is InChI=1S/C28H32BrN3O5S/c1-20(2)30-28(34)21(3)31(18-22-13-15-25(37-4)16-14-22)27(33)19-32(24-10-8-9-23(29)17-24)38(35,36)26-11-6-5-7-12-26/h5-17,20-21H,18-19H2,1-4H3,(H,30,34). The molecule has 1 atom stereocenters. The zero-order valence-corrected chi connectivity index (χ0v) is 24.2. The molecule has 8 nitrogen and oxygen atoms in total. The molecule has 0 saturated carbocycles. The van der Waals surface area contributed by atoms with Crippen LogP contribution in [0.4, 0.5) is 5.69 Å². The van der Waals surface area contributed by atoms with Crippen LogP contribution in [0.15, 0.2) is 88.2 Å². The zero-order chi connectivity index (χ0) is 27.9. The molecular weight excluding hydrogens is 570 g/mol. The van der Waals surface area contributed by atoms with E-state index in [1.165, 1.54) is 17.0 Å². The number of carbonyl (C=O) groups is 2. The highest BCUT2D eigenvalue weighted by Gasteiger charge is 2.32. The number of hydrogen-bond donors (Lipinski definition) is 1. The SMILES string of the molecule is COc1ccc(CN(C(=O)CN(c2cccc(Br)c2)S(=O)(=O)c2ccccc2)C(C)C(=O)NC(C)C)cc1. The van der Waals surface area contributed by atoms with Crippen LogP contribution in [0.5, 0.6) is 5.75 Å². The summed E-state index contributed by atoms with van der Waals surface area (Å²) in [6.07, 6.45) is 0. The molecule has 0 aromatic heterocycles. The van der Waals surface area contributed by atoms with Gasteiger partial charge in [-0.3, -0.25) is 13.9 Å². The topological polar surface area (TPSA) is 96.0 Å². The molecule has 0 bridgehead atoms. The minimum absolute atomic E-state index is 0.0556. The van der Waals surface area contributed by atoms with Crippen LogP contribution in [-0.2, 0) is 26.2 Å². The van der Waals surface area contributed by atoms with Crippen LogP contribution in [0.2, 0.25) is 0 Å². The summed E-state index contributed by atoms with van der Waals surface area (Å²) in [4.78, 5) is 28.2. The van der Waals surface area contributed by atoms with E-state index >= 15 is 0 Å². The molecule has 0 aliphatic carbocycles. The molecule has 0 heterocycles. The first-order chi connectivity index (χ1) is 18.0. The maximum atomic E-state index is 13.9. The Bertz CT molecular complexity index is 1350. The van der Waals surface area contributed by atoms with Crippen LogP contribution in [0.25, 0.3) is 0 Å². The quantitative estimate of drug-likeness (QED) is 0.347. The second-order valence-corrected chi connectivity index (χ2v) is 11.8. The monoisotopic (exact) mass is 601 g/mol. The van der Waals surface area contributed by atoms with Gasteiger partial charge in [0.2, 0.25) is 11.8 Å². The number of anilines is 1. The molecule has 0 aliphatic heterocycles. The van der Waals surface area contributed by atoms with Crippen molar-refractivity contribution in [3.63, 3.8) is 0 Å². The minimum Gasteiger partial charge on any atom is -0.497 e. The summed E-state index contributed by atoms with van der Waals surface area (Å²) in [5.41, 5.74) is 1.09. The van der Waals surface area contributed by atoms with Gasteiger partial charge in [-0.05, 0) is 68.8 Å². The van der Waals surface area contributed by atoms with Crippen molar-refractivity contribution in [2.24, 2.45) is 0 Å². The fraction of sp³-hybridized carbons (Fsp3) is 0.286. The lowest BCUT2D eigenvalue weighted by Crippen LogP contribution is -2.52. The van der Waals surface area contributed by atoms with Crippen LogP contribution < -0.4 is 14.4 Å². The number of rotatable bonds is 11. The average Bonchev–Trinajstić information content (AvgIpc) is 2.90. The number of carbonyl (C=O) groups excluding carboxylic acids is 2. The van der Waals surface area contributed by atoms with Gasteiger partial charge in [-0.15, -0.1) is 0 Å². The summed E-state index contributed by atoms with van der Waals surface area (Å²) in [5.74, 6) is -0.194. The predicted octanol–water partition coefficient (Wildman–Crippen LogP) is 4.59. The lowest BCUT2D eigenvalue weighted by Gasteiger charge is -2.32. The summed E-state index contributed by atoms with van der Waals surface area (Å²) in [7, 11) is -2.54. The molecule has 10 heteroatoms. The number of halogens is 1. The van der Waals surface area contributed by atoms with Gasteiger partial charge in [0.25, 0.3) is 10.0 Å². The van der Waals surface area contributed by atoms with E-state index in [9.17, 15) is 18.0 Å². The number of nitrogens with zero attached hydrogens (tertiary/aromatic N) is 2. The highest BCUT2D eigenvalue weighted by molar-refractivity contribution is 9.10. The molecule has 0 spiro atoms. The summed E-state index contributed by atoms with van der Waals surface area (Å²) in [5, 5.41) is 2.84. The van der Waals surface area contributed by atoms with Crippen molar-refractivity contribution >= 4 is 43.5 Å². The molecule has 1 N–H and O–H groups in total. The third-order valence-corrected chi connectivity index (χ3v) is 8.10. The lowest BCUT2D eigenvalue weighted by atomic mass is 10.1. The van der Waals surface area contributed by atoms with E-state index in [0.29, 0.717) is 15.9 Å². The van der Waals surface area contributed by atoms with E-state index in [1.54, 1.807) is 80.8 Å². The average molecular weight is 603 g/mol. The van der Waals surface area contributed by atoms with Crippen LogP contribution in [0, 0.1) is 0 Å². The Kier molecular flexibility index (Phi) is 9.93. The second kappa shape index (κ2) is 12.9. The molecule has 2 amide bonds. The maximum absolute atomic E-state index is 13.9. The first kappa shape index (κ1) is 29.2. The highest BCUT2D eigenvalue weighted by Crippen LogP contribution is 2.27. The van der Waals surface area contributed by atoms with Gasteiger partial charge in [0.1, 0.15) is 18.3 Å². The first-order valence-electron chi connectivity index (χ1n) is 12.1. The fourth-order valence-electron chi connectivity index (χ4n) is 3.80. The van der Waals surface area contributed by atoms with Crippen molar-refractivity contribution in [2.75, 3.05) is 18.0 Å². The summed E-state index contributed by atoms with van der Waals surface area (Å²) in [6, 6.07) is 20.8. The number of amides is 2. The van der Waals surface area contributed by atoms with Crippen molar-refractivity contribution in [3.8, 4) is 5.75 Å². The van der Waals surface area contributed by atoms with Crippen molar-refractivity contribution in [3.05, 3.63) is 88.9 Å². The van der Waals surface area contributed by atoms with Crippen LogP contribution in [0.1, 0.15) is 26.3 Å². The van der Waals surface area contributed by atoms with E-state index in [4.69, 9.17) is 4.74 Å². The first-order valence-corrected chi connectivity index (χ1v) is 14.3. The summed E-state index contributed by atoms with van der Waals surface area (Å²) >= 11 is 3.39. The molecule has 0 radical (unpaired) electrons. The van der Waals surface area contributed by atoms with Crippen LogP contribution in [0.3, 0.4) is 0 Å². The number of sulfonamides is 1. The molecular formula is C28H32BrN3O5S. The normalized spacial score (nSPS) is 12.1. The molecule has 0 fully saturated rings. The Morgan fingerprint density at radius 2 is 1.61 bits per heavy atom. The smallest absolute Gasteiger partial charge is 0.264 e. The molecule has 1 unspecified atom stereocenters. The Morgan fingerprint density at radius 1 is 0.947 bits per heavy atom. The van der Waals surface area contributed by atoms with Crippen LogP contribution in [-0.4, -0.2) is 50.9 Å². The minimum atomic E-state index is -4.10. The Morgan fingerprint density at radius 3 is 2.18 bits per heavy atom. The second-order valence-electron chi connectivity index (χ2n) is 9.01. The van der Waals surface area contributed by atoms with Crippen LogP contribution >= 0.6 is 15.9 Å².